The molecule has 35 heavy (non-hydrogen) atoms. The van der Waals surface area contributed by atoms with Crippen LogP contribution in [0.2, 0.25) is 0 Å². The predicted molar refractivity (Wildman–Crippen MR) is 137 cm³/mol. The highest BCUT2D eigenvalue weighted by Gasteiger charge is 2.22. The summed E-state index contributed by atoms with van der Waals surface area (Å²) in [6.45, 7) is 9.49. The molecule has 5 nitrogen and oxygen atoms in total. The van der Waals surface area contributed by atoms with Crippen molar-refractivity contribution in [3.8, 4) is 0 Å². The SMILES string of the molecule is CCCCCCNCc1ccc2c(c1)nc(CN(CCC)C(=O)c1cc(F)ccc1F)n2CCC. The summed E-state index contributed by atoms with van der Waals surface area (Å²) in [7, 11) is 0. The van der Waals surface area contributed by atoms with Gasteiger partial charge in [0.25, 0.3) is 5.91 Å². The number of imidazole rings is 1. The van der Waals surface area contributed by atoms with E-state index < -0.39 is 17.5 Å². The molecule has 0 aliphatic heterocycles. The number of rotatable bonds is 14. The average molecular weight is 485 g/mol. The minimum absolute atomic E-state index is 0.238. The molecule has 0 aliphatic rings. The van der Waals surface area contributed by atoms with Crippen LogP contribution >= 0.6 is 0 Å². The molecule has 1 N–H and O–H groups in total. The van der Waals surface area contributed by atoms with Crippen molar-refractivity contribution in [2.24, 2.45) is 0 Å². The zero-order valence-electron chi connectivity index (χ0n) is 21.2. The highest BCUT2D eigenvalue weighted by Crippen LogP contribution is 2.22. The van der Waals surface area contributed by atoms with E-state index in [9.17, 15) is 13.6 Å². The number of carbonyl (C=O) groups is 1. The first-order chi connectivity index (χ1) is 17.0. The average Bonchev–Trinajstić information content (AvgIpc) is 3.18. The summed E-state index contributed by atoms with van der Waals surface area (Å²) < 4.78 is 30.2. The van der Waals surface area contributed by atoms with Crippen LogP contribution in [0.3, 0.4) is 0 Å². The van der Waals surface area contributed by atoms with E-state index in [1.165, 1.54) is 31.2 Å². The highest BCUT2D eigenvalue weighted by atomic mass is 19.1. The quantitative estimate of drug-likeness (QED) is 0.268. The van der Waals surface area contributed by atoms with Crippen LogP contribution in [-0.2, 0) is 19.6 Å². The first-order valence-electron chi connectivity index (χ1n) is 12.9. The van der Waals surface area contributed by atoms with Gasteiger partial charge in [-0.15, -0.1) is 0 Å². The van der Waals surface area contributed by atoms with E-state index in [0.717, 1.165) is 61.1 Å². The smallest absolute Gasteiger partial charge is 0.257 e. The van der Waals surface area contributed by atoms with Gasteiger partial charge in [-0.05, 0) is 61.7 Å². The molecule has 1 aromatic heterocycles. The van der Waals surface area contributed by atoms with Gasteiger partial charge in [-0.25, -0.2) is 13.8 Å². The molecule has 0 spiro atoms. The fourth-order valence-corrected chi connectivity index (χ4v) is 4.36. The molecule has 0 saturated carbocycles. The molecule has 0 fully saturated rings. The number of hydrogen-bond acceptors (Lipinski definition) is 3. The Hall–Kier alpha value is -2.80. The van der Waals surface area contributed by atoms with Crippen LogP contribution in [0.15, 0.2) is 36.4 Å². The van der Waals surface area contributed by atoms with Crippen LogP contribution in [0.1, 0.15) is 81.0 Å². The Kier molecular flexibility index (Phi) is 10.2. The second-order valence-corrected chi connectivity index (χ2v) is 9.09. The van der Waals surface area contributed by atoms with E-state index in [0.29, 0.717) is 13.0 Å². The molecule has 190 valence electrons. The number of benzene rings is 2. The van der Waals surface area contributed by atoms with Gasteiger partial charge in [-0.1, -0.05) is 46.1 Å². The number of nitrogens with one attached hydrogen (secondary N) is 1. The molecule has 3 aromatic rings. The van der Waals surface area contributed by atoms with Crippen LogP contribution in [0.25, 0.3) is 11.0 Å². The molecule has 2 aromatic carbocycles. The van der Waals surface area contributed by atoms with Crippen LogP contribution in [-0.4, -0.2) is 33.4 Å². The van der Waals surface area contributed by atoms with Crippen molar-refractivity contribution >= 4 is 16.9 Å². The fourth-order valence-electron chi connectivity index (χ4n) is 4.36. The van der Waals surface area contributed by atoms with Crippen molar-refractivity contribution in [3.05, 3.63) is 65.0 Å². The predicted octanol–water partition coefficient (Wildman–Crippen LogP) is 6.45. The lowest BCUT2D eigenvalue weighted by atomic mass is 10.1. The van der Waals surface area contributed by atoms with Gasteiger partial charge in [-0.3, -0.25) is 4.79 Å². The van der Waals surface area contributed by atoms with E-state index in [1.807, 2.05) is 6.92 Å². The Bertz CT molecular complexity index is 1110. The molecule has 0 unspecified atom stereocenters. The molecule has 0 aliphatic carbocycles. The topological polar surface area (TPSA) is 50.2 Å². The number of hydrogen-bond donors (Lipinski definition) is 1. The van der Waals surface area contributed by atoms with Gasteiger partial charge < -0.3 is 14.8 Å². The molecule has 3 rings (SSSR count). The third-order valence-electron chi connectivity index (χ3n) is 6.15. The van der Waals surface area contributed by atoms with Gasteiger partial charge in [0.15, 0.2) is 0 Å². The maximum Gasteiger partial charge on any atom is 0.257 e. The molecule has 1 heterocycles. The van der Waals surface area contributed by atoms with Gasteiger partial charge in [0, 0.05) is 19.6 Å². The van der Waals surface area contributed by atoms with E-state index in [-0.39, 0.29) is 12.1 Å². The Morgan fingerprint density at radius 1 is 1.00 bits per heavy atom. The third kappa shape index (κ3) is 7.10. The van der Waals surface area contributed by atoms with Crippen LogP contribution in [0.5, 0.6) is 0 Å². The largest absolute Gasteiger partial charge is 0.331 e. The lowest BCUT2D eigenvalue weighted by molar-refractivity contribution is 0.0732. The van der Waals surface area contributed by atoms with Crippen molar-refractivity contribution in [1.82, 2.24) is 19.8 Å². The van der Waals surface area contributed by atoms with Crippen molar-refractivity contribution in [1.29, 1.82) is 0 Å². The summed E-state index contributed by atoms with van der Waals surface area (Å²) in [6.07, 6.45) is 6.55. The number of aryl methyl sites for hydroxylation is 1. The Morgan fingerprint density at radius 3 is 2.57 bits per heavy atom. The third-order valence-corrected chi connectivity index (χ3v) is 6.15. The molecule has 7 heteroatoms. The minimum Gasteiger partial charge on any atom is -0.331 e. The fraction of sp³-hybridized carbons (Fsp3) is 0.500. The number of halogens is 2. The van der Waals surface area contributed by atoms with Gasteiger partial charge in [0.05, 0.1) is 23.1 Å². The monoisotopic (exact) mass is 484 g/mol. The maximum atomic E-state index is 14.3. The minimum atomic E-state index is -0.716. The maximum absolute atomic E-state index is 14.3. The van der Waals surface area contributed by atoms with Gasteiger partial charge in [0.2, 0.25) is 0 Å². The molecule has 0 atom stereocenters. The van der Waals surface area contributed by atoms with E-state index in [1.54, 1.807) is 4.90 Å². The van der Waals surface area contributed by atoms with E-state index >= 15 is 0 Å². The lowest BCUT2D eigenvalue weighted by Crippen LogP contribution is -2.33. The number of fused-ring (bicyclic) bond motifs is 1. The standard InChI is InChI=1S/C28H38F2N4O/c1-4-7-8-9-14-31-19-21-10-13-26-25(17-21)32-27(34(26)16-6-3)20-33(15-5-2)28(35)23-18-22(29)11-12-24(23)30/h10-13,17-18,31H,4-9,14-16,19-20H2,1-3H3. The Labute approximate surface area is 207 Å². The van der Waals surface area contributed by atoms with Crippen LogP contribution < -0.4 is 5.32 Å². The van der Waals surface area contributed by atoms with Crippen molar-refractivity contribution in [2.75, 3.05) is 13.1 Å². The highest BCUT2D eigenvalue weighted by molar-refractivity contribution is 5.94. The van der Waals surface area contributed by atoms with Gasteiger partial charge >= 0.3 is 0 Å². The first-order valence-corrected chi connectivity index (χ1v) is 12.9. The molecule has 0 radical (unpaired) electrons. The summed E-state index contributed by atoms with van der Waals surface area (Å²) in [5, 5.41) is 3.51. The second kappa shape index (κ2) is 13.3. The zero-order valence-corrected chi connectivity index (χ0v) is 21.2. The first kappa shape index (κ1) is 26.8. The van der Waals surface area contributed by atoms with Crippen molar-refractivity contribution in [3.63, 3.8) is 0 Å². The van der Waals surface area contributed by atoms with E-state index in [4.69, 9.17) is 4.98 Å². The second-order valence-electron chi connectivity index (χ2n) is 9.09. The summed E-state index contributed by atoms with van der Waals surface area (Å²) in [5.74, 6) is -1.11. The van der Waals surface area contributed by atoms with Gasteiger partial charge in [-0.2, -0.15) is 0 Å². The van der Waals surface area contributed by atoms with Crippen molar-refractivity contribution in [2.45, 2.75) is 78.9 Å². The molecule has 0 bridgehead atoms. The van der Waals surface area contributed by atoms with Crippen LogP contribution in [0.4, 0.5) is 8.78 Å². The number of unbranched alkanes of at least 4 members (excludes halogenated alkanes) is 3. The summed E-state index contributed by atoms with van der Waals surface area (Å²) in [4.78, 5) is 19.6. The molecule has 1 amide bonds. The van der Waals surface area contributed by atoms with Crippen molar-refractivity contribution < 1.29 is 13.6 Å². The zero-order chi connectivity index (χ0) is 25.2. The normalized spacial score (nSPS) is 11.3. The number of amides is 1. The summed E-state index contributed by atoms with van der Waals surface area (Å²) >= 11 is 0. The molecular weight excluding hydrogens is 446 g/mol. The number of aromatic nitrogens is 2. The number of nitrogens with zero attached hydrogens (tertiary/aromatic N) is 3. The summed E-state index contributed by atoms with van der Waals surface area (Å²) in [6, 6.07) is 9.30. The summed E-state index contributed by atoms with van der Waals surface area (Å²) in [5.41, 5.74) is 2.84. The van der Waals surface area contributed by atoms with E-state index in [2.05, 4.69) is 41.9 Å². The Morgan fingerprint density at radius 2 is 1.83 bits per heavy atom. The molecule has 0 saturated heterocycles. The lowest BCUT2D eigenvalue weighted by Gasteiger charge is -2.23. The van der Waals surface area contributed by atoms with Crippen LogP contribution in [0, 0.1) is 11.6 Å². The Balaban J connectivity index is 1.81. The number of carbonyl (C=O) groups excluding carboxylic acids is 1. The molecular formula is C28H38F2N4O. The van der Waals surface area contributed by atoms with Gasteiger partial charge in [0.1, 0.15) is 17.5 Å².